The fourth-order valence-corrected chi connectivity index (χ4v) is 6.01. The van der Waals surface area contributed by atoms with Crippen molar-refractivity contribution in [2.24, 2.45) is 10.1 Å². The Morgan fingerprint density at radius 3 is 2.48 bits per heavy atom. The van der Waals surface area contributed by atoms with Crippen LogP contribution in [0.25, 0.3) is 10.4 Å². The number of alkyl halides is 3. The summed E-state index contributed by atoms with van der Waals surface area (Å²) in [5, 5.41) is 15.9. The molecular weight excluding hydrogens is 701 g/mol. The molecule has 50 heavy (non-hydrogen) atoms. The average molecular weight is 731 g/mol. The number of hydrogen-bond donors (Lipinski definition) is 2. The third-order valence-electron chi connectivity index (χ3n) is 7.90. The molecular formula is C35H29Cl2F4N5O4. The van der Waals surface area contributed by atoms with E-state index in [9.17, 15) is 22.4 Å². The molecule has 0 aliphatic carbocycles. The van der Waals surface area contributed by atoms with Crippen LogP contribution in [-0.2, 0) is 35.2 Å². The van der Waals surface area contributed by atoms with Crippen LogP contribution >= 0.6 is 23.2 Å². The number of aliphatic imine (C=N–C) groups is 1. The van der Waals surface area contributed by atoms with Gasteiger partial charge >= 0.3 is 6.18 Å². The quantitative estimate of drug-likeness (QED) is 0.0470. The molecule has 9 nitrogen and oxygen atoms in total. The number of azide groups is 1. The van der Waals surface area contributed by atoms with E-state index < -0.39 is 41.7 Å². The normalized spacial score (nSPS) is 17.0. The van der Waals surface area contributed by atoms with Gasteiger partial charge in [-0.3, -0.25) is 4.79 Å². The summed E-state index contributed by atoms with van der Waals surface area (Å²) >= 11 is 12.9. The first-order chi connectivity index (χ1) is 23.9. The van der Waals surface area contributed by atoms with Crippen LogP contribution in [0, 0.1) is 5.82 Å². The molecule has 1 aliphatic rings. The zero-order chi connectivity index (χ0) is 35.9. The van der Waals surface area contributed by atoms with E-state index in [1.807, 2.05) is 0 Å². The van der Waals surface area contributed by atoms with Crippen molar-refractivity contribution in [3.63, 3.8) is 0 Å². The lowest BCUT2D eigenvalue weighted by atomic mass is 9.80. The number of aliphatic hydroxyl groups excluding tert-OH is 1. The first-order valence-corrected chi connectivity index (χ1v) is 16.0. The molecule has 0 saturated carbocycles. The minimum absolute atomic E-state index is 0.0315. The van der Waals surface area contributed by atoms with Gasteiger partial charge in [0.05, 0.1) is 18.7 Å². The molecule has 0 bridgehead atoms. The number of rotatable bonds is 13. The third kappa shape index (κ3) is 8.48. The summed E-state index contributed by atoms with van der Waals surface area (Å²) in [6.07, 6.45) is -5.71. The number of ether oxygens (including phenoxy) is 2. The number of nitrogens with zero attached hydrogens (tertiary/aromatic N) is 4. The van der Waals surface area contributed by atoms with Crippen molar-refractivity contribution in [2.45, 2.75) is 43.8 Å². The average Bonchev–Trinajstić information content (AvgIpc) is 3.46. The highest BCUT2D eigenvalue weighted by molar-refractivity contribution is 6.35. The van der Waals surface area contributed by atoms with Crippen LogP contribution in [0.2, 0.25) is 10.0 Å². The minimum atomic E-state index is -4.81. The third-order valence-corrected chi connectivity index (χ3v) is 8.46. The Bertz CT molecular complexity index is 1940. The van der Waals surface area contributed by atoms with E-state index >= 15 is 0 Å². The van der Waals surface area contributed by atoms with Crippen molar-refractivity contribution in [1.82, 2.24) is 5.32 Å². The van der Waals surface area contributed by atoms with Gasteiger partial charge in [-0.05, 0) is 76.8 Å². The number of aliphatic hydroxyl groups is 1. The van der Waals surface area contributed by atoms with Gasteiger partial charge in [0, 0.05) is 52.1 Å². The summed E-state index contributed by atoms with van der Waals surface area (Å²) in [6, 6.07) is 20.2. The van der Waals surface area contributed by atoms with Gasteiger partial charge in [-0.2, -0.15) is 13.2 Å². The first-order valence-electron chi connectivity index (χ1n) is 15.2. The summed E-state index contributed by atoms with van der Waals surface area (Å²) in [4.78, 5) is 22.3. The van der Waals surface area contributed by atoms with Crippen LogP contribution in [-0.4, -0.2) is 35.7 Å². The van der Waals surface area contributed by atoms with Gasteiger partial charge in [0.15, 0.2) is 11.6 Å². The molecule has 0 fully saturated rings. The number of amides is 1. The Kier molecular flexibility index (Phi) is 11.5. The number of halogens is 6. The van der Waals surface area contributed by atoms with Crippen LogP contribution < -0.4 is 10.1 Å². The molecule has 260 valence electrons. The largest absolute Gasteiger partial charge is 0.494 e. The fraction of sp³-hybridized carbons (Fsp3) is 0.257. The molecule has 0 saturated heterocycles. The highest BCUT2D eigenvalue weighted by atomic mass is 35.5. The predicted octanol–water partition coefficient (Wildman–Crippen LogP) is 8.54. The molecule has 1 amide bonds. The Hall–Kier alpha value is -4.81. The van der Waals surface area contributed by atoms with Gasteiger partial charge in [0.25, 0.3) is 5.91 Å². The summed E-state index contributed by atoms with van der Waals surface area (Å²) < 4.78 is 66.8. The molecule has 1 aliphatic heterocycles. The Balaban J connectivity index is 1.62. The van der Waals surface area contributed by atoms with Gasteiger partial charge in [-0.1, -0.05) is 58.6 Å². The summed E-state index contributed by atoms with van der Waals surface area (Å²) in [7, 11) is 0. The molecule has 2 N–H and O–H groups in total. The molecule has 4 aromatic rings. The van der Waals surface area contributed by atoms with Gasteiger partial charge < -0.3 is 19.9 Å². The van der Waals surface area contributed by atoms with Crippen molar-refractivity contribution in [3.05, 3.63) is 145 Å². The van der Waals surface area contributed by atoms with Crippen molar-refractivity contribution in [1.29, 1.82) is 0 Å². The smallest absolute Gasteiger partial charge is 0.416 e. The van der Waals surface area contributed by atoms with Crippen molar-refractivity contribution in [3.8, 4) is 5.75 Å². The second-order valence-corrected chi connectivity index (χ2v) is 12.2. The SMILES string of the molecule is [N-]=[N+]=NCc1ccccc1C[C@@]1(C(=O)NCc2cc(F)cc(C(F)(F)F)c2)N=C(c2ccc(OCCCO)cc2)O[C@@H]1c1ccc(Cl)cc1Cl. The second-order valence-electron chi connectivity index (χ2n) is 11.3. The molecule has 0 spiro atoms. The van der Waals surface area contributed by atoms with Crippen molar-refractivity contribution in [2.75, 3.05) is 13.2 Å². The van der Waals surface area contributed by atoms with E-state index in [2.05, 4.69) is 15.3 Å². The van der Waals surface area contributed by atoms with E-state index in [-0.39, 0.29) is 36.1 Å². The molecule has 4 aromatic carbocycles. The molecule has 15 heteroatoms. The number of carbonyl (C=O) groups is 1. The lowest BCUT2D eigenvalue weighted by Crippen LogP contribution is -2.50. The molecule has 0 radical (unpaired) electrons. The number of hydrogen-bond acceptors (Lipinski definition) is 6. The topological polar surface area (TPSA) is 129 Å². The zero-order valence-corrected chi connectivity index (χ0v) is 27.6. The predicted molar refractivity (Wildman–Crippen MR) is 179 cm³/mol. The van der Waals surface area contributed by atoms with E-state index in [0.29, 0.717) is 52.1 Å². The fourth-order valence-electron chi connectivity index (χ4n) is 5.51. The van der Waals surface area contributed by atoms with Gasteiger partial charge in [-0.25, -0.2) is 9.38 Å². The summed E-state index contributed by atoms with van der Waals surface area (Å²) in [5.41, 5.74) is 7.77. The van der Waals surface area contributed by atoms with Crippen LogP contribution in [0.4, 0.5) is 17.6 Å². The van der Waals surface area contributed by atoms with Gasteiger partial charge in [-0.15, -0.1) is 0 Å². The number of benzene rings is 4. The maximum atomic E-state index is 14.6. The lowest BCUT2D eigenvalue weighted by molar-refractivity contribution is -0.137. The molecule has 0 aromatic heterocycles. The molecule has 1 heterocycles. The van der Waals surface area contributed by atoms with E-state index in [1.165, 1.54) is 6.07 Å². The monoisotopic (exact) mass is 729 g/mol. The van der Waals surface area contributed by atoms with Gasteiger partial charge in [0.1, 0.15) is 11.6 Å². The summed E-state index contributed by atoms with van der Waals surface area (Å²) in [6.45, 7) is -0.266. The number of carbonyl (C=O) groups excluding carboxylic acids is 1. The van der Waals surface area contributed by atoms with E-state index in [4.69, 9.17) is 48.3 Å². The van der Waals surface area contributed by atoms with Crippen LogP contribution in [0.5, 0.6) is 5.75 Å². The Labute approximate surface area is 294 Å². The van der Waals surface area contributed by atoms with Crippen molar-refractivity contribution < 1.29 is 36.9 Å². The van der Waals surface area contributed by atoms with Gasteiger partial charge in [0.2, 0.25) is 5.90 Å². The maximum absolute atomic E-state index is 14.6. The Morgan fingerprint density at radius 2 is 1.80 bits per heavy atom. The van der Waals surface area contributed by atoms with Crippen LogP contribution in [0.15, 0.2) is 95.0 Å². The second kappa shape index (κ2) is 15.8. The minimum Gasteiger partial charge on any atom is -0.494 e. The first kappa shape index (κ1) is 36.5. The van der Waals surface area contributed by atoms with E-state index in [0.717, 1.165) is 12.1 Å². The Morgan fingerprint density at radius 1 is 1.06 bits per heavy atom. The zero-order valence-electron chi connectivity index (χ0n) is 26.1. The van der Waals surface area contributed by atoms with Crippen molar-refractivity contribution >= 4 is 35.0 Å². The molecule has 2 atom stereocenters. The standard InChI is InChI=1S/C35H29Cl2F4N5O4/c36-26-8-11-29(30(37)17-26)31-34(18-23-4-1-2-5-24(23)20-44-46-42,33(48)43-19-21-14-25(35(39,40)41)16-27(38)15-21)45-32(50-31)22-6-9-28(10-7-22)49-13-3-12-47/h1-2,4-11,14-17,31,47H,3,12-13,18-20H2,(H,43,48)/t31-,34-/m1/s1. The lowest BCUT2D eigenvalue weighted by Gasteiger charge is -2.32. The number of nitrogens with one attached hydrogen (secondary N) is 1. The van der Waals surface area contributed by atoms with E-state index in [1.54, 1.807) is 60.7 Å². The maximum Gasteiger partial charge on any atom is 0.416 e. The highest BCUT2D eigenvalue weighted by Gasteiger charge is 2.54. The molecule has 0 unspecified atom stereocenters. The summed E-state index contributed by atoms with van der Waals surface area (Å²) in [5.74, 6) is -1.31. The van der Waals surface area contributed by atoms with Crippen LogP contribution in [0.1, 0.15) is 45.9 Å². The highest BCUT2D eigenvalue weighted by Crippen LogP contribution is 2.45. The van der Waals surface area contributed by atoms with Crippen LogP contribution in [0.3, 0.4) is 0 Å². The molecule has 5 rings (SSSR count).